The molecule has 6 nitrogen and oxygen atoms in total. The largest absolute Gasteiger partial charge is 0.405 e. The van der Waals surface area contributed by atoms with Crippen molar-refractivity contribution in [1.29, 1.82) is 0 Å². The fourth-order valence-corrected chi connectivity index (χ4v) is 3.37. The molecule has 9 heteroatoms. The van der Waals surface area contributed by atoms with Crippen LogP contribution < -0.4 is 5.32 Å². The normalized spacial score (nSPS) is 20.6. The van der Waals surface area contributed by atoms with Gasteiger partial charge in [-0.15, -0.1) is 0 Å². The molecule has 0 saturated carbocycles. The number of fused-ring (bicyclic) bond motifs is 1. The molecule has 1 saturated heterocycles. The van der Waals surface area contributed by atoms with Crippen molar-refractivity contribution in [2.75, 3.05) is 26.2 Å². The number of likely N-dealkylation sites (tertiary alicyclic amines) is 1. The first-order chi connectivity index (χ1) is 12.3. The van der Waals surface area contributed by atoms with Gasteiger partial charge in [0.25, 0.3) is 11.8 Å². The number of imide groups is 1. The molecule has 3 rings (SSSR count). The summed E-state index contributed by atoms with van der Waals surface area (Å²) < 4.78 is 36.8. The van der Waals surface area contributed by atoms with Crippen molar-refractivity contribution in [3.63, 3.8) is 0 Å². The fraction of sp³-hybridized carbons (Fsp3) is 0.471. The van der Waals surface area contributed by atoms with Gasteiger partial charge in [0.2, 0.25) is 5.91 Å². The van der Waals surface area contributed by atoms with Crippen LogP contribution in [-0.2, 0) is 4.79 Å². The first kappa shape index (κ1) is 18.4. The van der Waals surface area contributed by atoms with Crippen molar-refractivity contribution in [3.05, 3.63) is 35.4 Å². The van der Waals surface area contributed by atoms with Gasteiger partial charge in [0, 0.05) is 13.1 Å². The van der Waals surface area contributed by atoms with Crippen molar-refractivity contribution >= 4 is 17.7 Å². The summed E-state index contributed by atoms with van der Waals surface area (Å²) >= 11 is 0. The van der Waals surface area contributed by atoms with Gasteiger partial charge in [-0.05, 0) is 31.5 Å². The quantitative estimate of drug-likeness (QED) is 0.798. The number of hydrogen-bond donors (Lipinski definition) is 1. The third-order valence-electron chi connectivity index (χ3n) is 4.62. The predicted octanol–water partition coefficient (Wildman–Crippen LogP) is 1.43. The molecular formula is C17H18F3N3O3. The number of nitrogens with one attached hydrogen (secondary N) is 1. The van der Waals surface area contributed by atoms with Crippen molar-refractivity contribution in [2.45, 2.75) is 25.1 Å². The summed E-state index contributed by atoms with van der Waals surface area (Å²) in [5.41, 5.74) is 0.691. The van der Waals surface area contributed by atoms with Gasteiger partial charge < -0.3 is 5.32 Å². The van der Waals surface area contributed by atoms with Gasteiger partial charge in [0.1, 0.15) is 6.54 Å². The zero-order valence-electron chi connectivity index (χ0n) is 13.9. The summed E-state index contributed by atoms with van der Waals surface area (Å²) in [5, 5.41) is 1.90. The van der Waals surface area contributed by atoms with E-state index in [9.17, 15) is 27.6 Å². The Labute approximate surface area is 147 Å². The van der Waals surface area contributed by atoms with Crippen molar-refractivity contribution < 1.29 is 27.6 Å². The van der Waals surface area contributed by atoms with E-state index in [4.69, 9.17) is 0 Å². The fourth-order valence-electron chi connectivity index (χ4n) is 3.37. The standard InChI is InChI=1S/C17H18F3N3O3/c18-17(19,20)10-21-14(24)13-6-3-7-22(13)8-9-23-15(25)11-4-1-2-5-12(11)16(23)26/h1-2,4-5,13H,3,6-10H2,(H,21,24)/t13-/m0/s1. The monoisotopic (exact) mass is 369 g/mol. The second-order valence-electron chi connectivity index (χ2n) is 6.33. The van der Waals surface area contributed by atoms with Crippen LogP contribution in [0.5, 0.6) is 0 Å². The second kappa shape index (κ2) is 7.06. The molecule has 1 aromatic rings. The summed E-state index contributed by atoms with van der Waals surface area (Å²) in [7, 11) is 0. The number of benzene rings is 1. The lowest BCUT2D eigenvalue weighted by atomic mass is 10.1. The summed E-state index contributed by atoms with van der Waals surface area (Å²) in [4.78, 5) is 39.5. The molecule has 0 aromatic heterocycles. The van der Waals surface area contributed by atoms with Crippen LogP contribution in [0.25, 0.3) is 0 Å². The average Bonchev–Trinajstić information content (AvgIpc) is 3.15. The summed E-state index contributed by atoms with van der Waals surface area (Å²) in [6, 6.07) is 5.84. The van der Waals surface area contributed by atoms with E-state index in [-0.39, 0.29) is 24.9 Å². The van der Waals surface area contributed by atoms with Gasteiger partial charge in [-0.3, -0.25) is 24.2 Å². The van der Waals surface area contributed by atoms with Crippen LogP contribution in [0.3, 0.4) is 0 Å². The lowest BCUT2D eigenvalue weighted by Gasteiger charge is -2.25. The van der Waals surface area contributed by atoms with Crippen LogP contribution >= 0.6 is 0 Å². The molecule has 26 heavy (non-hydrogen) atoms. The van der Waals surface area contributed by atoms with E-state index in [1.54, 1.807) is 29.2 Å². The van der Waals surface area contributed by atoms with Crippen molar-refractivity contribution in [2.24, 2.45) is 0 Å². The van der Waals surface area contributed by atoms with Gasteiger partial charge in [0.05, 0.1) is 17.2 Å². The maximum absolute atomic E-state index is 12.3. The molecule has 2 aliphatic rings. The molecule has 0 spiro atoms. The topological polar surface area (TPSA) is 69.7 Å². The molecule has 1 aromatic carbocycles. The zero-order valence-corrected chi connectivity index (χ0v) is 13.9. The molecule has 1 fully saturated rings. The van der Waals surface area contributed by atoms with Crippen molar-refractivity contribution in [3.8, 4) is 0 Å². The number of carbonyl (C=O) groups excluding carboxylic acids is 3. The minimum absolute atomic E-state index is 0.0927. The Morgan fingerprint density at radius 2 is 1.73 bits per heavy atom. The highest BCUT2D eigenvalue weighted by Gasteiger charge is 2.37. The number of hydrogen-bond acceptors (Lipinski definition) is 4. The van der Waals surface area contributed by atoms with E-state index >= 15 is 0 Å². The van der Waals surface area contributed by atoms with Gasteiger partial charge >= 0.3 is 6.18 Å². The van der Waals surface area contributed by atoms with Crippen LogP contribution in [0.1, 0.15) is 33.6 Å². The number of halogens is 3. The van der Waals surface area contributed by atoms with Gasteiger partial charge in [-0.1, -0.05) is 12.1 Å². The highest BCUT2D eigenvalue weighted by molar-refractivity contribution is 6.21. The van der Waals surface area contributed by atoms with E-state index in [1.807, 2.05) is 5.32 Å². The Kier molecular flexibility index (Phi) is 4.99. The van der Waals surface area contributed by atoms with Gasteiger partial charge in [-0.25, -0.2) is 0 Å². The number of amides is 3. The molecule has 3 amide bonds. The highest BCUT2D eigenvalue weighted by Crippen LogP contribution is 2.23. The lowest BCUT2D eigenvalue weighted by Crippen LogP contribution is -2.48. The maximum atomic E-state index is 12.3. The Balaban J connectivity index is 1.58. The number of nitrogens with zero attached hydrogens (tertiary/aromatic N) is 2. The second-order valence-corrected chi connectivity index (χ2v) is 6.33. The Morgan fingerprint density at radius 3 is 2.31 bits per heavy atom. The van der Waals surface area contributed by atoms with E-state index in [0.29, 0.717) is 30.5 Å². The SMILES string of the molecule is O=C(NCC(F)(F)F)[C@@H]1CCCN1CCN1C(=O)c2ccccc2C1=O. The van der Waals surface area contributed by atoms with Gasteiger partial charge in [0.15, 0.2) is 0 Å². The molecule has 0 radical (unpaired) electrons. The van der Waals surface area contributed by atoms with E-state index in [2.05, 4.69) is 0 Å². The van der Waals surface area contributed by atoms with Crippen LogP contribution in [-0.4, -0.2) is 65.9 Å². The third kappa shape index (κ3) is 3.72. The van der Waals surface area contributed by atoms with Crippen LogP contribution in [0.15, 0.2) is 24.3 Å². The molecule has 2 aliphatic heterocycles. The first-order valence-corrected chi connectivity index (χ1v) is 8.31. The maximum Gasteiger partial charge on any atom is 0.405 e. The molecule has 140 valence electrons. The van der Waals surface area contributed by atoms with Crippen LogP contribution in [0.2, 0.25) is 0 Å². The third-order valence-corrected chi connectivity index (χ3v) is 4.62. The Hall–Kier alpha value is -2.42. The summed E-state index contributed by atoms with van der Waals surface area (Å²) in [6.45, 7) is -0.493. The minimum atomic E-state index is -4.46. The Morgan fingerprint density at radius 1 is 1.12 bits per heavy atom. The molecule has 0 bridgehead atoms. The summed E-state index contributed by atoms with van der Waals surface area (Å²) in [6.07, 6.45) is -3.34. The highest BCUT2D eigenvalue weighted by atomic mass is 19.4. The van der Waals surface area contributed by atoms with E-state index in [0.717, 1.165) is 4.90 Å². The smallest absolute Gasteiger partial charge is 0.346 e. The molecule has 0 unspecified atom stereocenters. The molecule has 1 N–H and O–H groups in total. The number of carbonyl (C=O) groups is 3. The zero-order chi connectivity index (χ0) is 18.9. The lowest BCUT2D eigenvalue weighted by molar-refractivity contribution is -0.141. The molecule has 0 aliphatic carbocycles. The van der Waals surface area contributed by atoms with E-state index in [1.165, 1.54) is 0 Å². The van der Waals surface area contributed by atoms with Gasteiger partial charge in [-0.2, -0.15) is 13.2 Å². The molecule has 2 heterocycles. The van der Waals surface area contributed by atoms with E-state index < -0.39 is 24.7 Å². The minimum Gasteiger partial charge on any atom is -0.346 e. The van der Waals surface area contributed by atoms with Crippen LogP contribution in [0.4, 0.5) is 13.2 Å². The average molecular weight is 369 g/mol. The number of rotatable bonds is 5. The first-order valence-electron chi connectivity index (χ1n) is 8.31. The summed E-state index contributed by atoms with van der Waals surface area (Å²) in [5.74, 6) is -1.45. The Bertz CT molecular complexity index is 700. The number of alkyl halides is 3. The predicted molar refractivity (Wildman–Crippen MR) is 85.5 cm³/mol. The molecular weight excluding hydrogens is 351 g/mol. The van der Waals surface area contributed by atoms with Crippen LogP contribution in [0, 0.1) is 0 Å². The molecule has 1 atom stereocenters. The van der Waals surface area contributed by atoms with Crippen molar-refractivity contribution in [1.82, 2.24) is 15.1 Å².